The van der Waals surface area contributed by atoms with Crippen molar-refractivity contribution >= 4 is 23.9 Å². The minimum atomic E-state index is -1.42. The monoisotopic (exact) mass is 529 g/mol. The molecule has 2 rings (SSSR count). The summed E-state index contributed by atoms with van der Waals surface area (Å²) in [4.78, 5) is 50.8. The molecule has 5 N–H and O–H groups in total. The van der Waals surface area contributed by atoms with Crippen LogP contribution in [-0.2, 0) is 36.7 Å². The Morgan fingerprint density at radius 1 is 0.789 bits per heavy atom. The van der Waals surface area contributed by atoms with Gasteiger partial charge in [-0.1, -0.05) is 42.5 Å². The summed E-state index contributed by atoms with van der Waals surface area (Å²) in [5.74, 6) is -2.25. The first kappa shape index (κ1) is 30.1. The molecule has 3 amide bonds. The molecule has 0 unspecified atom stereocenters. The lowest BCUT2D eigenvalue weighted by atomic mass is 10.0. The smallest absolute Gasteiger partial charge is 0.408 e. The van der Waals surface area contributed by atoms with Crippen LogP contribution in [0.25, 0.3) is 0 Å². The van der Waals surface area contributed by atoms with Crippen LogP contribution in [0.2, 0.25) is 0 Å². The van der Waals surface area contributed by atoms with Gasteiger partial charge < -0.3 is 35.6 Å². The van der Waals surface area contributed by atoms with Crippen molar-refractivity contribution in [1.29, 1.82) is 0 Å². The lowest BCUT2D eigenvalue weighted by Gasteiger charge is -2.25. The van der Waals surface area contributed by atoms with Crippen molar-refractivity contribution in [3.63, 3.8) is 0 Å². The zero-order valence-corrected chi connectivity index (χ0v) is 21.9. The number of carbonyl (C=O) groups is 4. The SMILES string of the molecule is COC(=O)[C@H](Cc1ccc(O)cc1)NC(=O)[C@H](CO)NC(=O)[C@H](Cc1ccccc1)NC(=O)OC(C)(C)C. The molecular weight excluding hydrogens is 494 g/mol. The molecule has 0 fully saturated rings. The van der Waals surface area contributed by atoms with Gasteiger partial charge >= 0.3 is 12.1 Å². The summed E-state index contributed by atoms with van der Waals surface area (Å²) in [7, 11) is 1.17. The summed E-state index contributed by atoms with van der Waals surface area (Å²) in [6, 6.07) is 11.3. The van der Waals surface area contributed by atoms with Gasteiger partial charge in [0, 0.05) is 12.8 Å². The molecule has 0 radical (unpaired) electrons. The van der Waals surface area contributed by atoms with Crippen LogP contribution >= 0.6 is 0 Å². The lowest BCUT2D eigenvalue weighted by Crippen LogP contribution is -2.58. The normalized spacial score (nSPS) is 13.4. The highest BCUT2D eigenvalue weighted by molar-refractivity contribution is 5.93. The van der Waals surface area contributed by atoms with E-state index in [1.807, 2.05) is 6.07 Å². The Morgan fingerprint density at radius 3 is 1.87 bits per heavy atom. The number of esters is 1. The number of aliphatic hydroxyl groups excluding tert-OH is 1. The second-order valence-corrected chi connectivity index (χ2v) is 9.59. The van der Waals surface area contributed by atoms with Crippen LogP contribution < -0.4 is 16.0 Å². The van der Waals surface area contributed by atoms with Gasteiger partial charge in [-0.15, -0.1) is 0 Å². The molecule has 206 valence electrons. The molecule has 0 spiro atoms. The molecule has 0 saturated heterocycles. The Kier molecular flexibility index (Phi) is 11.1. The van der Waals surface area contributed by atoms with E-state index in [9.17, 15) is 29.4 Å². The molecule has 0 aromatic heterocycles. The fourth-order valence-corrected chi connectivity index (χ4v) is 3.45. The summed E-state index contributed by atoms with van der Waals surface area (Å²) in [6.45, 7) is 4.28. The third kappa shape index (κ3) is 10.1. The fourth-order valence-electron chi connectivity index (χ4n) is 3.45. The standard InChI is InChI=1S/C27H35N3O8/c1-27(2,3)38-26(36)30-20(14-17-8-6-5-7-9-17)23(33)29-22(16-31)24(34)28-21(25(35)37-4)15-18-10-12-19(32)13-11-18/h5-13,20-22,31-32H,14-16H2,1-4H3,(H,28,34)(H,29,33)(H,30,36)/t20-,21-,22-/m0/s1. The van der Waals surface area contributed by atoms with E-state index >= 15 is 0 Å². The number of alkyl carbamates (subject to hydrolysis) is 1. The van der Waals surface area contributed by atoms with Gasteiger partial charge in [0.25, 0.3) is 0 Å². The average Bonchev–Trinajstić information content (AvgIpc) is 2.86. The van der Waals surface area contributed by atoms with Gasteiger partial charge in [0.05, 0.1) is 13.7 Å². The maximum absolute atomic E-state index is 13.1. The lowest BCUT2D eigenvalue weighted by molar-refractivity contribution is -0.145. The van der Waals surface area contributed by atoms with Crippen LogP contribution in [0.1, 0.15) is 31.9 Å². The summed E-state index contributed by atoms with van der Waals surface area (Å²) in [6.07, 6.45) is -0.683. The van der Waals surface area contributed by atoms with E-state index in [1.165, 1.54) is 19.2 Å². The Labute approximate surface area is 221 Å². The number of hydrogen-bond donors (Lipinski definition) is 5. The van der Waals surface area contributed by atoms with Crippen molar-refractivity contribution in [2.24, 2.45) is 0 Å². The topological polar surface area (TPSA) is 163 Å². The number of benzene rings is 2. The maximum Gasteiger partial charge on any atom is 0.408 e. The van der Waals surface area contributed by atoms with Gasteiger partial charge in [-0.25, -0.2) is 9.59 Å². The highest BCUT2D eigenvalue weighted by Gasteiger charge is 2.31. The van der Waals surface area contributed by atoms with Crippen LogP contribution in [0.4, 0.5) is 4.79 Å². The van der Waals surface area contributed by atoms with Crippen molar-refractivity contribution in [1.82, 2.24) is 16.0 Å². The first-order valence-electron chi connectivity index (χ1n) is 12.0. The highest BCUT2D eigenvalue weighted by Crippen LogP contribution is 2.12. The predicted molar refractivity (Wildman–Crippen MR) is 138 cm³/mol. The number of phenols is 1. The predicted octanol–water partition coefficient (Wildman–Crippen LogP) is 1.21. The summed E-state index contributed by atoms with van der Waals surface area (Å²) in [5, 5.41) is 26.7. The van der Waals surface area contributed by atoms with Crippen molar-refractivity contribution < 1.29 is 38.9 Å². The maximum atomic E-state index is 13.1. The molecule has 3 atom stereocenters. The summed E-state index contributed by atoms with van der Waals surface area (Å²) < 4.78 is 10.0. The van der Waals surface area contributed by atoms with E-state index in [0.29, 0.717) is 5.56 Å². The Balaban J connectivity index is 2.15. The number of nitrogens with one attached hydrogen (secondary N) is 3. The Bertz CT molecular complexity index is 1080. The molecule has 0 bridgehead atoms. The number of methoxy groups -OCH3 is 1. The van der Waals surface area contributed by atoms with Crippen LogP contribution in [0.3, 0.4) is 0 Å². The molecule has 11 nitrogen and oxygen atoms in total. The second-order valence-electron chi connectivity index (χ2n) is 9.59. The molecule has 0 heterocycles. The number of aliphatic hydroxyl groups is 1. The number of phenolic OH excluding ortho intramolecular Hbond substituents is 1. The fraction of sp³-hybridized carbons (Fsp3) is 0.407. The minimum Gasteiger partial charge on any atom is -0.508 e. The van der Waals surface area contributed by atoms with Gasteiger partial charge in [0.15, 0.2) is 0 Å². The number of ether oxygens (including phenoxy) is 2. The van der Waals surface area contributed by atoms with E-state index in [0.717, 1.165) is 5.56 Å². The quantitative estimate of drug-likeness (QED) is 0.271. The molecule has 0 saturated carbocycles. The van der Waals surface area contributed by atoms with E-state index in [4.69, 9.17) is 9.47 Å². The van der Waals surface area contributed by atoms with Crippen LogP contribution in [0.5, 0.6) is 5.75 Å². The van der Waals surface area contributed by atoms with Gasteiger partial charge in [-0.05, 0) is 44.0 Å². The van der Waals surface area contributed by atoms with Gasteiger partial charge in [-0.3, -0.25) is 9.59 Å². The number of carbonyl (C=O) groups excluding carboxylic acids is 4. The Hall–Kier alpha value is -4.12. The van der Waals surface area contributed by atoms with Crippen molar-refractivity contribution in [3.05, 3.63) is 65.7 Å². The number of hydrogen-bond acceptors (Lipinski definition) is 8. The molecule has 38 heavy (non-hydrogen) atoms. The van der Waals surface area contributed by atoms with Gasteiger partial charge in [0.1, 0.15) is 29.5 Å². The van der Waals surface area contributed by atoms with E-state index in [1.54, 1.807) is 57.2 Å². The molecule has 2 aromatic rings. The van der Waals surface area contributed by atoms with Crippen LogP contribution in [-0.4, -0.2) is 71.5 Å². The average molecular weight is 530 g/mol. The molecule has 0 aliphatic rings. The van der Waals surface area contributed by atoms with Gasteiger partial charge in [0.2, 0.25) is 11.8 Å². The highest BCUT2D eigenvalue weighted by atomic mass is 16.6. The third-order valence-corrected chi connectivity index (χ3v) is 5.28. The van der Waals surface area contributed by atoms with Crippen molar-refractivity contribution in [2.45, 2.75) is 57.3 Å². The van der Waals surface area contributed by atoms with Crippen LogP contribution in [0.15, 0.2) is 54.6 Å². The Morgan fingerprint density at radius 2 is 1.32 bits per heavy atom. The largest absolute Gasteiger partial charge is 0.508 e. The molecule has 0 aliphatic carbocycles. The van der Waals surface area contributed by atoms with E-state index in [2.05, 4.69) is 16.0 Å². The third-order valence-electron chi connectivity index (χ3n) is 5.28. The van der Waals surface area contributed by atoms with Gasteiger partial charge in [-0.2, -0.15) is 0 Å². The van der Waals surface area contributed by atoms with E-state index in [-0.39, 0.29) is 18.6 Å². The molecular formula is C27H35N3O8. The molecule has 2 aromatic carbocycles. The van der Waals surface area contributed by atoms with Crippen molar-refractivity contribution in [2.75, 3.05) is 13.7 Å². The van der Waals surface area contributed by atoms with E-state index < -0.39 is 54.2 Å². The van der Waals surface area contributed by atoms with Crippen molar-refractivity contribution in [3.8, 4) is 5.75 Å². The number of aromatic hydroxyl groups is 1. The zero-order valence-electron chi connectivity index (χ0n) is 21.9. The summed E-state index contributed by atoms with van der Waals surface area (Å²) >= 11 is 0. The summed E-state index contributed by atoms with van der Waals surface area (Å²) in [5.41, 5.74) is 0.576. The molecule has 11 heteroatoms. The molecule has 0 aliphatic heterocycles. The van der Waals surface area contributed by atoms with Crippen LogP contribution in [0, 0.1) is 0 Å². The minimum absolute atomic E-state index is 0.0421. The number of rotatable bonds is 11. The second kappa shape index (κ2) is 14.0. The first-order chi connectivity index (χ1) is 17.9. The first-order valence-corrected chi connectivity index (χ1v) is 12.0. The number of amides is 3. The zero-order chi connectivity index (χ0) is 28.3.